The Balaban J connectivity index is 2.07. The molecule has 0 spiro atoms. The molecule has 0 unspecified atom stereocenters. The Morgan fingerprint density at radius 2 is 2.05 bits per heavy atom. The first-order chi connectivity index (χ1) is 9.34. The van der Waals surface area contributed by atoms with E-state index in [-0.39, 0.29) is 11.3 Å². The van der Waals surface area contributed by atoms with Gasteiger partial charge in [0.15, 0.2) is 11.0 Å². The molecule has 2 heterocycles. The van der Waals surface area contributed by atoms with Crippen LogP contribution in [0.15, 0.2) is 16.8 Å². The number of nitrogens with one attached hydrogen (secondary N) is 1. The van der Waals surface area contributed by atoms with Crippen LogP contribution >= 0.6 is 11.3 Å². The molecule has 0 saturated carbocycles. The highest BCUT2D eigenvalue weighted by Gasteiger charge is 2.19. The van der Waals surface area contributed by atoms with Gasteiger partial charge in [-0.15, -0.1) is 0 Å². The normalized spacial score (nSPS) is 12.0. The smallest absolute Gasteiger partial charge is 0.223 e. The van der Waals surface area contributed by atoms with Gasteiger partial charge in [0.05, 0.1) is 6.20 Å². The largest absolute Gasteiger partial charge is 0.441 e. The summed E-state index contributed by atoms with van der Waals surface area (Å²) in [6.07, 6.45) is 7.13. The van der Waals surface area contributed by atoms with Crippen molar-refractivity contribution in [2.75, 3.05) is 5.32 Å². The van der Waals surface area contributed by atoms with Crippen LogP contribution in [0, 0.1) is 0 Å². The highest BCUT2D eigenvalue weighted by molar-refractivity contribution is 7.16. The molecule has 5 nitrogen and oxygen atoms in total. The Bertz CT molecular complexity index is 635. The van der Waals surface area contributed by atoms with Crippen LogP contribution < -0.4 is 5.32 Å². The molecule has 0 bridgehead atoms. The van der Waals surface area contributed by atoms with Crippen molar-refractivity contribution < 1.29 is 9.21 Å². The molecule has 2 rings (SSSR count). The first-order valence-corrected chi connectivity index (χ1v) is 7.04. The number of hydrogen-bond donors (Lipinski definition) is 1. The number of oxazole rings is 1. The minimum absolute atomic E-state index is 0.102. The zero-order valence-electron chi connectivity index (χ0n) is 11.9. The van der Waals surface area contributed by atoms with Gasteiger partial charge in [-0.05, 0) is 12.2 Å². The van der Waals surface area contributed by atoms with Gasteiger partial charge in [0.25, 0.3) is 0 Å². The topological polar surface area (TPSA) is 68.0 Å². The molecule has 0 radical (unpaired) electrons. The molecule has 0 fully saturated rings. The van der Waals surface area contributed by atoms with Crippen molar-refractivity contribution in [1.82, 2.24) is 9.97 Å². The molecule has 0 aliphatic carbocycles. The van der Waals surface area contributed by atoms with E-state index < -0.39 is 0 Å². The second kappa shape index (κ2) is 5.58. The summed E-state index contributed by atoms with van der Waals surface area (Å²) in [6.45, 7) is 7.61. The third kappa shape index (κ3) is 3.77. The van der Waals surface area contributed by atoms with Crippen molar-refractivity contribution in [1.29, 1.82) is 0 Å². The summed E-state index contributed by atoms with van der Waals surface area (Å²) in [6, 6.07) is 0. The van der Waals surface area contributed by atoms with Crippen LogP contribution in [0.5, 0.6) is 0 Å². The third-order valence-corrected chi connectivity index (χ3v) is 3.26. The Kier molecular flexibility index (Phi) is 4.04. The molecule has 2 aromatic heterocycles. The van der Waals surface area contributed by atoms with E-state index in [1.807, 2.05) is 12.2 Å². The highest BCUT2D eigenvalue weighted by atomic mass is 32.1. The van der Waals surface area contributed by atoms with Gasteiger partial charge >= 0.3 is 0 Å². The van der Waals surface area contributed by atoms with E-state index >= 15 is 0 Å². The fourth-order valence-electron chi connectivity index (χ4n) is 1.45. The minimum Gasteiger partial charge on any atom is -0.441 e. The number of hydrogen-bond acceptors (Lipinski definition) is 5. The summed E-state index contributed by atoms with van der Waals surface area (Å²) in [5.41, 5.74) is -0.102. The molecular weight excluding hydrogens is 274 g/mol. The number of carbonyl (C=O) groups excluding carboxylic acids is 1. The average Bonchev–Trinajstić information content (AvgIpc) is 2.93. The van der Waals surface area contributed by atoms with Crippen molar-refractivity contribution in [2.24, 2.45) is 0 Å². The van der Waals surface area contributed by atoms with Crippen molar-refractivity contribution in [3.05, 3.63) is 28.9 Å². The molecule has 20 heavy (non-hydrogen) atoms. The number of rotatable bonds is 3. The summed E-state index contributed by atoms with van der Waals surface area (Å²) in [4.78, 5) is 20.2. The lowest BCUT2D eigenvalue weighted by atomic mass is 9.97. The molecule has 106 valence electrons. The van der Waals surface area contributed by atoms with Gasteiger partial charge in [0.2, 0.25) is 5.91 Å². The van der Waals surface area contributed by atoms with Crippen LogP contribution in [-0.4, -0.2) is 15.9 Å². The van der Waals surface area contributed by atoms with E-state index in [1.165, 1.54) is 18.3 Å². The van der Waals surface area contributed by atoms with Crippen LogP contribution in [0.25, 0.3) is 12.2 Å². The summed E-state index contributed by atoms with van der Waals surface area (Å²) in [7, 11) is 0. The molecular formula is C14H17N3O2S. The average molecular weight is 291 g/mol. The maximum Gasteiger partial charge on any atom is 0.223 e. The van der Waals surface area contributed by atoms with Crippen molar-refractivity contribution >= 4 is 34.5 Å². The SMILES string of the molecule is CC(=O)Nc1ncc(/C=C/c2cnc(C(C)(C)C)o2)s1. The van der Waals surface area contributed by atoms with Gasteiger partial charge < -0.3 is 9.73 Å². The van der Waals surface area contributed by atoms with Gasteiger partial charge in [-0.25, -0.2) is 9.97 Å². The number of anilines is 1. The number of nitrogens with zero attached hydrogens (tertiary/aromatic N) is 2. The van der Waals surface area contributed by atoms with Crippen molar-refractivity contribution in [3.63, 3.8) is 0 Å². The molecule has 2 aromatic rings. The molecule has 0 aliphatic heterocycles. The molecule has 0 aromatic carbocycles. The number of amides is 1. The second-order valence-electron chi connectivity index (χ2n) is 5.40. The van der Waals surface area contributed by atoms with Crippen LogP contribution in [-0.2, 0) is 10.2 Å². The summed E-state index contributed by atoms with van der Waals surface area (Å²) in [5, 5.41) is 3.23. The van der Waals surface area contributed by atoms with Crippen LogP contribution in [0.3, 0.4) is 0 Å². The Labute approximate surface area is 121 Å². The predicted molar refractivity (Wildman–Crippen MR) is 80.5 cm³/mol. The van der Waals surface area contributed by atoms with E-state index in [0.717, 1.165) is 4.88 Å². The Hall–Kier alpha value is -1.95. The molecule has 0 atom stereocenters. The molecule has 6 heteroatoms. The van der Waals surface area contributed by atoms with E-state index in [9.17, 15) is 4.79 Å². The summed E-state index contributed by atoms with van der Waals surface area (Å²) < 4.78 is 5.66. The monoisotopic (exact) mass is 291 g/mol. The van der Waals surface area contributed by atoms with Crippen molar-refractivity contribution in [2.45, 2.75) is 33.1 Å². The number of thiazole rings is 1. The van der Waals surface area contributed by atoms with E-state index in [0.29, 0.717) is 16.8 Å². The highest BCUT2D eigenvalue weighted by Crippen LogP contribution is 2.24. The number of aromatic nitrogens is 2. The zero-order valence-corrected chi connectivity index (χ0v) is 12.7. The van der Waals surface area contributed by atoms with Crippen LogP contribution in [0.2, 0.25) is 0 Å². The van der Waals surface area contributed by atoms with Crippen LogP contribution in [0.1, 0.15) is 44.2 Å². The lowest BCUT2D eigenvalue weighted by molar-refractivity contribution is -0.114. The van der Waals surface area contributed by atoms with E-state index in [2.05, 4.69) is 36.1 Å². The second-order valence-corrected chi connectivity index (χ2v) is 6.46. The maximum atomic E-state index is 10.9. The molecule has 1 amide bonds. The summed E-state index contributed by atoms with van der Waals surface area (Å²) in [5.74, 6) is 1.28. The zero-order chi connectivity index (χ0) is 14.8. The van der Waals surface area contributed by atoms with E-state index in [4.69, 9.17) is 4.42 Å². The fraction of sp³-hybridized carbons (Fsp3) is 0.357. The van der Waals surface area contributed by atoms with Gasteiger partial charge in [0, 0.05) is 23.4 Å². The molecule has 0 aliphatic rings. The summed E-state index contributed by atoms with van der Waals surface area (Å²) >= 11 is 1.40. The molecule has 0 saturated heterocycles. The lowest BCUT2D eigenvalue weighted by Crippen LogP contribution is -2.10. The van der Waals surface area contributed by atoms with E-state index in [1.54, 1.807) is 12.4 Å². The third-order valence-electron chi connectivity index (χ3n) is 2.38. The lowest BCUT2D eigenvalue weighted by Gasteiger charge is -2.11. The quantitative estimate of drug-likeness (QED) is 0.939. The Morgan fingerprint density at radius 1 is 1.30 bits per heavy atom. The first kappa shape index (κ1) is 14.5. The maximum absolute atomic E-state index is 10.9. The van der Waals surface area contributed by atoms with Gasteiger partial charge in [0.1, 0.15) is 5.76 Å². The van der Waals surface area contributed by atoms with Gasteiger partial charge in [-0.2, -0.15) is 0 Å². The minimum atomic E-state index is -0.125. The first-order valence-electron chi connectivity index (χ1n) is 6.22. The van der Waals surface area contributed by atoms with Gasteiger partial charge in [-0.1, -0.05) is 32.1 Å². The molecule has 1 N–H and O–H groups in total. The predicted octanol–water partition coefficient (Wildman–Crippen LogP) is 3.56. The fourth-order valence-corrected chi connectivity index (χ4v) is 2.21. The number of carbonyl (C=O) groups is 1. The van der Waals surface area contributed by atoms with Crippen molar-refractivity contribution in [3.8, 4) is 0 Å². The van der Waals surface area contributed by atoms with Gasteiger partial charge in [-0.3, -0.25) is 4.79 Å². The van der Waals surface area contributed by atoms with Crippen LogP contribution in [0.4, 0.5) is 5.13 Å². The standard InChI is InChI=1S/C14H17N3O2S/c1-9(18)17-13-16-8-11(20-13)6-5-10-7-15-12(19-10)14(2,3)4/h5-8H,1-4H3,(H,16,17,18)/b6-5+. The Morgan fingerprint density at radius 3 is 2.65 bits per heavy atom.